The summed E-state index contributed by atoms with van der Waals surface area (Å²) in [5.74, 6) is 0.143. The van der Waals surface area contributed by atoms with Gasteiger partial charge >= 0.3 is 0 Å². The molecule has 2 aliphatic rings. The van der Waals surface area contributed by atoms with Crippen LogP contribution in [0, 0.1) is 5.92 Å². The van der Waals surface area contributed by atoms with E-state index in [0.717, 1.165) is 22.5 Å². The van der Waals surface area contributed by atoms with E-state index >= 15 is 0 Å². The second kappa shape index (κ2) is 8.78. The summed E-state index contributed by atoms with van der Waals surface area (Å²) in [4.78, 5) is 26.3. The number of fused-ring (bicyclic) bond motifs is 1. The fourth-order valence-corrected chi connectivity index (χ4v) is 3.38. The Hall–Kier alpha value is -3.02. The second-order valence-corrected chi connectivity index (χ2v) is 7.29. The van der Waals surface area contributed by atoms with Gasteiger partial charge in [-0.05, 0) is 43.3 Å². The zero-order chi connectivity index (χ0) is 20.1. The molecule has 6 nitrogen and oxygen atoms in total. The second-order valence-electron chi connectivity index (χ2n) is 7.29. The molecule has 2 heterocycles. The molecule has 0 fully saturated rings. The SMILES string of the molecule is C/C=C/CN1/C=C(/c2ccc3c(c2)NC(C)CC(=O)N3)C(C)/C=C\NCC1=O. The van der Waals surface area contributed by atoms with E-state index in [4.69, 9.17) is 0 Å². The van der Waals surface area contributed by atoms with Gasteiger partial charge in [-0.1, -0.05) is 31.2 Å². The van der Waals surface area contributed by atoms with E-state index in [1.54, 1.807) is 4.90 Å². The van der Waals surface area contributed by atoms with Crippen LogP contribution in [0.25, 0.3) is 5.57 Å². The normalized spacial score (nSPS) is 25.8. The van der Waals surface area contributed by atoms with Crippen LogP contribution in [-0.2, 0) is 9.59 Å². The maximum atomic E-state index is 12.6. The van der Waals surface area contributed by atoms with Crippen molar-refractivity contribution >= 4 is 28.8 Å². The fraction of sp³-hybridized carbons (Fsp3) is 0.364. The summed E-state index contributed by atoms with van der Waals surface area (Å²) in [6.07, 6.45) is 10.2. The van der Waals surface area contributed by atoms with Crippen LogP contribution in [0.1, 0.15) is 32.8 Å². The highest BCUT2D eigenvalue weighted by molar-refractivity contribution is 5.97. The topological polar surface area (TPSA) is 73.5 Å². The lowest BCUT2D eigenvalue weighted by Crippen LogP contribution is -2.33. The van der Waals surface area contributed by atoms with Gasteiger partial charge in [0.05, 0.1) is 17.9 Å². The summed E-state index contributed by atoms with van der Waals surface area (Å²) in [6.45, 7) is 6.84. The molecule has 2 aliphatic heterocycles. The Labute approximate surface area is 166 Å². The van der Waals surface area contributed by atoms with Crippen LogP contribution in [0.4, 0.5) is 11.4 Å². The molecule has 0 saturated carbocycles. The van der Waals surface area contributed by atoms with Crippen molar-refractivity contribution in [3.05, 3.63) is 54.4 Å². The van der Waals surface area contributed by atoms with Gasteiger partial charge in [-0.3, -0.25) is 9.59 Å². The highest BCUT2D eigenvalue weighted by atomic mass is 16.2. The van der Waals surface area contributed by atoms with Gasteiger partial charge in [-0.2, -0.15) is 0 Å². The molecule has 0 saturated heterocycles. The van der Waals surface area contributed by atoms with Crippen molar-refractivity contribution in [1.82, 2.24) is 10.2 Å². The number of hydrogen-bond acceptors (Lipinski definition) is 4. The Kier molecular flexibility index (Phi) is 6.19. The van der Waals surface area contributed by atoms with E-state index < -0.39 is 0 Å². The van der Waals surface area contributed by atoms with Crippen molar-refractivity contribution in [3.63, 3.8) is 0 Å². The molecule has 28 heavy (non-hydrogen) atoms. The largest absolute Gasteiger partial charge is 0.382 e. The van der Waals surface area contributed by atoms with Gasteiger partial charge in [-0.25, -0.2) is 0 Å². The molecule has 3 rings (SSSR count). The Morgan fingerprint density at radius 3 is 2.82 bits per heavy atom. The van der Waals surface area contributed by atoms with E-state index in [2.05, 4.69) is 35.0 Å². The summed E-state index contributed by atoms with van der Waals surface area (Å²) >= 11 is 0. The number of nitrogens with one attached hydrogen (secondary N) is 3. The highest BCUT2D eigenvalue weighted by Gasteiger charge is 2.20. The van der Waals surface area contributed by atoms with Crippen LogP contribution in [0.15, 0.2) is 48.8 Å². The number of rotatable bonds is 3. The lowest BCUT2D eigenvalue weighted by molar-refractivity contribution is -0.127. The monoisotopic (exact) mass is 380 g/mol. The highest BCUT2D eigenvalue weighted by Crippen LogP contribution is 2.33. The number of hydrogen-bond donors (Lipinski definition) is 3. The van der Waals surface area contributed by atoms with Gasteiger partial charge < -0.3 is 20.9 Å². The van der Waals surface area contributed by atoms with Crippen molar-refractivity contribution in [2.24, 2.45) is 5.92 Å². The van der Waals surface area contributed by atoms with Crippen molar-refractivity contribution in [2.45, 2.75) is 33.2 Å². The molecule has 1 aromatic carbocycles. The van der Waals surface area contributed by atoms with Crippen molar-refractivity contribution in [1.29, 1.82) is 0 Å². The van der Waals surface area contributed by atoms with Gasteiger partial charge in [0.2, 0.25) is 11.8 Å². The van der Waals surface area contributed by atoms with Gasteiger partial charge in [0.25, 0.3) is 0 Å². The minimum atomic E-state index is 0.0126. The number of carbonyl (C=O) groups is 2. The summed E-state index contributed by atoms with van der Waals surface area (Å²) in [7, 11) is 0. The Morgan fingerprint density at radius 1 is 1.21 bits per heavy atom. The predicted octanol–water partition coefficient (Wildman–Crippen LogP) is 3.33. The third-order valence-corrected chi connectivity index (χ3v) is 4.92. The molecular formula is C22H28N4O2. The van der Waals surface area contributed by atoms with E-state index in [-0.39, 0.29) is 30.3 Å². The fourth-order valence-electron chi connectivity index (χ4n) is 3.38. The molecule has 2 unspecified atom stereocenters. The number of nitrogens with zero attached hydrogens (tertiary/aromatic N) is 1. The summed E-state index contributed by atoms with van der Waals surface area (Å²) in [5, 5.41) is 9.43. The van der Waals surface area contributed by atoms with Gasteiger partial charge in [0, 0.05) is 31.1 Å². The van der Waals surface area contributed by atoms with Crippen molar-refractivity contribution in [3.8, 4) is 0 Å². The molecule has 0 aromatic heterocycles. The van der Waals surface area contributed by atoms with Gasteiger partial charge in [0.15, 0.2) is 0 Å². The molecule has 0 radical (unpaired) electrons. The lowest BCUT2D eigenvalue weighted by Gasteiger charge is -2.21. The van der Waals surface area contributed by atoms with Crippen molar-refractivity contribution in [2.75, 3.05) is 23.7 Å². The maximum absolute atomic E-state index is 12.6. The molecule has 148 valence electrons. The Balaban J connectivity index is 2.03. The van der Waals surface area contributed by atoms with Crippen LogP contribution >= 0.6 is 0 Å². The summed E-state index contributed by atoms with van der Waals surface area (Å²) < 4.78 is 0. The quantitative estimate of drug-likeness (QED) is 0.704. The molecule has 2 atom stereocenters. The first kappa shape index (κ1) is 19.7. The zero-order valence-electron chi connectivity index (χ0n) is 16.7. The average molecular weight is 380 g/mol. The van der Waals surface area contributed by atoms with E-state index in [0.29, 0.717) is 13.0 Å². The summed E-state index contributed by atoms with van der Waals surface area (Å²) in [6, 6.07) is 6.03. The predicted molar refractivity (Wildman–Crippen MR) is 114 cm³/mol. The molecule has 3 N–H and O–H groups in total. The first-order chi connectivity index (χ1) is 13.5. The number of benzene rings is 1. The third kappa shape index (κ3) is 4.63. The third-order valence-electron chi connectivity index (χ3n) is 4.92. The number of amides is 2. The molecule has 0 aliphatic carbocycles. The van der Waals surface area contributed by atoms with Gasteiger partial charge in [-0.15, -0.1) is 0 Å². The first-order valence-corrected chi connectivity index (χ1v) is 9.71. The Bertz CT molecular complexity index is 841. The molecule has 0 spiro atoms. The van der Waals surface area contributed by atoms with Crippen LogP contribution in [-0.4, -0.2) is 35.8 Å². The number of carbonyl (C=O) groups excluding carboxylic acids is 2. The summed E-state index contributed by atoms with van der Waals surface area (Å²) in [5.41, 5.74) is 3.75. The average Bonchev–Trinajstić information content (AvgIpc) is 2.75. The zero-order valence-corrected chi connectivity index (χ0v) is 16.7. The minimum Gasteiger partial charge on any atom is -0.382 e. The molecular weight excluding hydrogens is 352 g/mol. The van der Waals surface area contributed by atoms with Crippen LogP contribution in [0.2, 0.25) is 0 Å². The number of anilines is 2. The molecule has 1 aromatic rings. The Morgan fingerprint density at radius 2 is 2.04 bits per heavy atom. The molecule has 0 bridgehead atoms. The van der Waals surface area contributed by atoms with E-state index in [1.165, 1.54) is 0 Å². The van der Waals surface area contributed by atoms with E-state index in [9.17, 15) is 9.59 Å². The van der Waals surface area contributed by atoms with Crippen LogP contribution in [0.3, 0.4) is 0 Å². The standard InChI is InChI=1S/C22H28N4O2/c1-4-5-10-26-14-18(15(2)8-9-23-13-22(26)28)17-6-7-19-20(12-17)24-16(3)11-21(27)25-19/h4-9,12,14-16,23-24H,10-11,13H2,1-3H3,(H,25,27)/b5-4+,9-8-,18-14+. The minimum absolute atomic E-state index is 0.0126. The first-order valence-electron chi connectivity index (χ1n) is 9.71. The maximum Gasteiger partial charge on any atom is 0.246 e. The van der Waals surface area contributed by atoms with Crippen molar-refractivity contribution < 1.29 is 9.59 Å². The van der Waals surface area contributed by atoms with Crippen LogP contribution in [0.5, 0.6) is 0 Å². The van der Waals surface area contributed by atoms with E-state index in [1.807, 2.05) is 50.5 Å². The lowest BCUT2D eigenvalue weighted by atomic mass is 9.93. The molecule has 6 heteroatoms. The smallest absolute Gasteiger partial charge is 0.246 e. The van der Waals surface area contributed by atoms with Gasteiger partial charge in [0.1, 0.15) is 0 Å². The van der Waals surface area contributed by atoms with Crippen LogP contribution < -0.4 is 16.0 Å². The number of allylic oxidation sites excluding steroid dienone is 3. The molecule has 2 amide bonds.